The van der Waals surface area contributed by atoms with E-state index in [2.05, 4.69) is 30.1 Å². The van der Waals surface area contributed by atoms with Crippen LogP contribution in [0.25, 0.3) is 11.6 Å². The summed E-state index contributed by atoms with van der Waals surface area (Å²) >= 11 is 1.57. The number of hydrogen-bond acceptors (Lipinski definition) is 6. The molecule has 0 aliphatic carbocycles. The number of carbonyl (C=O) groups is 1. The Morgan fingerprint density at radius 3 is 2.71 bits per heavy atom. The maximum Gasteiger partial charge on any atom is 0.219 e. The van der Waals surface area contributed by atoms with Gasteiger partial charge in [0.05, 0.1) is 12.9 Å². The highest BCUT2D eigenvalue weighted by molar-refractivity contribution is 7.99. The van der Waals surface area contributed by atoms with Crippen molar-refractivity contribution in [2.45, 2.75) is 38.4 Å². The van der Waals surface area contributed by atoms with Crippen LogP contribution in [0.2, 0.25) is 0 Å². The van der Waals surface area contributed by atoms with Crippen LogP contribution in [0.3, 0.4) is 0 Å². The molecule has 0 saturated heterocycles. The Hall–Kier alpha value is -2.74. The molecule has 28 heavy (non-hydrogen) atoms. The molecule has 0 saturated carbocycles. The third-order valence-electron chi connectivity index (χ3n) is 4.02. The summed E-state index contributed by atoms with van der Waals surface area (Å²) in [6.07, 6.45) is 2.66. The molecule has 2 aromatic heterocycles. The lowest BCUT2D eigenvalue weighted by atomic mass is 10.1. The number of ether oxygens (including phenoxy) is 1. The topological polar surface area (TPSA) is 96.2 Å². The normalized spacial score (nSPS) is 10.9. The number of amides is 1. The lowest BCUT2D eigenvalue weighted by Crippen LogP contribution is -2.15. The number of rotatable bonds is 10. The molecule has 2 N–H and O–H groups in total. The van der Waals surface area contributed by atoms with E-state index in [1.165, 1.54) is 11.1 Å². The number of hydrogen-bond donors (Lipinski definition) is 1. The summed E-state index contributed by atoms with van der Waals surface area (Å²) in [6, 6.07) is 9.81. The van der Waals surface area contributed by atoms with Crippen molar-refractivity contribution in [2.24, 2.45) is 5.73 Å². The second-order valence-corrected chi connectivity index (χ2v) is 7.59. The SMILES string of the molecule is Cc1cc(C)cc(OCCCSc2nnc(-c3ccco3)n2CCC(N)=O)c1. The van der Waals surface area contributed by atoms with E-state index in [1.54, 1.807) is 24.1 Å². The van der Waals surface area contributed by atoms with E-state index in [1.807, 2.05) is 22.8 Å². The minimum absolute atomic E-state index is 0.217. The number of aryl methyl sites for hydroxylation is 2. The van der Waals surface area contributed by atoms with Crippen LogP contribution in [0.15, 0.2) is 46.2 Å². The summed E-state index contributed by atoms with van der Waals surface area (Å²) in [5.41, 5.74) is 7.69. The van der Waals surface area contributed by atoms with Gasteiger partial charge in [0.25, 0.3) is 0 Å². The number of nitrogens with two attached hydrogens (primary N) is 1. The minimum Gasteiger partial charge on any atom is -0.494 e. The second kappa shape index (κ2) is 9.45. The Kier molecular flexibility index (Phi) is 6.76. The van der Waals surface area contributed by atoms with E-state index in [-0.39, 0.29) is 12.3 Å². The van der Waals surface area contributed by atoms with Gasteiger partial charge in [0.2, 0.25) is 5.91 Å². The van der Waals surface area contributed by atoms with Crippen LogP contribution in [-0.4, -0.2) is 33.0 Å². The zero-order chi connectivity index (χ0) is 19.9. The third-order valence-corrected chi connectivity index (χ3v) is 5.08. The molecule has 2 heterocycles. The van der Waals surface area contributed by atoms with Gasteiger partial charge in [-0.15, -0.1) is 10.2 Å². The van der Waals surface area contributed by atoms with Gasteiger partial charge in [-0.25, -0.2) is 0 Å². The van der Waals surface area contributed by atoms with Crippen LogP contribution in [-0.2, 0) is 11.3 Å². The average molecular weight is 401 g/mol. The quantitative estimate of drug-likeness (QED) is 0.413. The highest BCUT2D eigenvalue weighted by atomic mass is 32.2. The predicted molar refractivity (Wildman–Crippen MR) is 108 cm³/mol. The van der Waals surface area contributed by atoms with Crippen molar-refractivity contribution >= 4 is 17.7 Å². The molecule has 148 valence electrons. The fourth-order valence-corrected chi connectivity index (χ4v) is 3.71. The number of thioether (sulfide) groups is 1. The van der Waals surface area contributed by atoms with E-state index < -0.39 is 0 Å². The summed E-state index contributed by atoms with van der Waals surface area (Å²) in [4.78, 5) is 11.2. The first kappa shape index (κ1) is 20.0. The zero-order valence-corrected chi connectivity index (χ0v) is 16.9. The smallest absolute Gasteiger partial charge is 0.219 e. The van der Waals surface area contributed by atoms with Crippen molar-refractivity contribution < 1.29 is 13.9 Å². The summed E-state index contributed by atoms with van der Waals surface area (Å²) in [5, 5.41) is 9.20. The van der Waals surface area contributed by atoms with Crippen molar-refractivity contribution in [1.29, 1.82) is 0 Å². The van der Waals surface area contributed by atoms with Gasteiger partial charge in [0.1, 0.15) is 5.75 Å². The Balaban J connectivity index is 1.56. The molecule has 0 aliphatic rings. The van der Waals surface area contributed by atoms with Gasteiger partial charge >= 0.3 is 0 Å². The summed E-state index contributed by atoms with van der Waals surface area (Å²) < 4.78 is 13.1. The predicted octanol–water partition coefficient (Wildman–Crippen LogP) is 3.59. The molecule has 0 fully saturated rings. The minimum atomic E-state index is -0.364. The van der Waals surface area contributed by atoms with E-state index in [0.717, 1.165) is 23.1 Å². The first-order valence-corrected chi connectivity index (χ1v) is 10.1. The summed E-state index contributed by atoms with van der Waals surface area (Å²) in [7, 11) is 0. The van der Waals surface area contributed by atoms with Gasteiger partial charge < -0.3 is 14.9 Å². The first-order valence-electron chi connectivity index (χ1n) is 9.12. The molecule has 3 rings (SSSR count). The molecule has 0 unspecified atom stereocenters. The van der Waals surface area contributed by atoms with E-state index in [0.29, 0.717) is 24.7 Å². The molecule has 0 aliphatic heterocycles. The van der Waals surface area contributed by atoms with Crippen LogP contribution in [0.4, 0.5) is 0 Å². The lowest BCUT2D eigenvalue weighted by molar-refractivity contribution is -0.118. The van der Waals surface area contributed by atoms with Crippen LogP contribution < -0.4 is 10.5 Å². The van der Waals surface area contributed by atoms with Crippen molar-refractivity contribution in [1.82, 2.24) is 14.8 Å². The molecule has 1 aromatic carbocycles. The molecule has 0 atom stereocenters. The van der Waals surface area contributed by atoms with Crippen LogP contribution >= 0.6 is 11.8 Å². The Bertz CT molecular complexity index is 901. The number of benzene rings is 1. The van der Waals surface area contributed by atoms with E-state index in [9.17, 15) is 4.79 Å². The van der Waals surface area contributed by atoms with Gasteiger partial charge in [-0.05, 0) is 55.7 Å². The first-order chi connectivity index (χ1) is 13.5. The van der Waals surface area contributed by atoms with Crippen LogP contribution in [0, 0.1) is 13.8 Å². The van der Waals surface area contributed by atoms with Gasteiger partial charge in [0, 0.05) is 18.7 Å². The number of carbonyl (C=O) groups excluding carboxylic acids is 1. The van der Waals surface area contributed by atoms with Crippen LogP contribution in [0.1, 0.15) is 24.0 Å². The summed E-state index contributed by atoms with van der Waals surface area (Å²) in [5.74, 6) is 2.56. The zero-order valence-electron chi connectivity index (χ0n) is 16.1. The Labute approximate surface area is 168 Å². The van der Waals surface area contributed by atoms with Gasteiger partial charge in [-0.1, -0.05) is 17.8 Å². The standard InChI is InChI=1S/C20H24N4O3S/c1-14-11-15(2)13-16(12-14)26-9-4-10-28-20-23-22-19(17-5-3-8-27-17)24(20)7-6-18(21)25/h3,5,8,11-13H,4,6-7,9-10H2,1-2H3,(H2,21,25). The third kappa shape index (κ3) is 5.39. The van der Waals surface area contributed by atoms with Gasteiger partial charge in [-0.2, -0.15) is 0 Å². The van der Waals surface area contributed by atoms with E-state index >= 15 is 0 Å². The fourth-order valence-electron chi connectivity index (χ4n) is 2.84. The lowest BCUT2D eigenvalue weighted by Gasteiger charge is -2.09. The molecule has 8 heteroatoms. The largest absolute Gasteiger partial charge is 0.494 e. The Morgan fingerprint density at radius 2 is 2.04 bits per heavy atom. The van der Waals surface area contributed by atoms with Crippen LogP contribution in [0.5, 0.6) is 5.75 Å². The maximum absolute atomic E-state index is 11.2. The highest BCUT2D eigenvalue weighted by Gasteiger charge is 2.16. The molecule has 0 spiro atoms. The number of aromatic nitrogens is 3. The van der Waals surface area contributed by atoms with Gasteiger partial charge in [-0.3, -0.25) is 9.36 Å². The van der Waals surface area contributed by atoms with Crippen molar-refractivity contribution in [3.05, 3.63) is 47.7 Å². The summed E-state index contributed by atoms with van der Waals surface area (Å²) in [6.45, 7) is 5.16. The number of nitrogens with zero attached hydrogens (tertiary/aromatic N) is 3. The molecular formula is C20H24N4O3S. The highest BCUT2D eigenvalue weighted by Crippen LogP contribution is 2.25. The molecule has 1 amide bonds. The molecule has 3 aromatic rings. The number of primary amides is 1. The number of furan rings is 1. The molecular weight excluding hydrogens is 376 g/mol. The molecule has 0 bridgehead atoms. The maximum atomic E-state index is 11.2. The second-order valence-electron chi connectivity index (χ2n) is 6.53. The molecule has 0 radical (unpaired) electrons. The molecule has 7 nitrogen and oxygen atoms in total. The van der Waals surface area contributed by atoms with Crippen molar-refractivity contribution in [3.8, 4) is 17.3 Å². The fraction of sp³-hybridized carbons (Fsp3) is 0.350. The van der Waals surface area contributed by atoms with E-state index in [4.69, 9.17) is 14.9 Å². The van der Waals surface area contributed by atoms with Crippen molar-refractivity contribution in [3.63, 3.8) is 0 Å². The Morgan fingerprint density at radius 1 is 1.25 bits per heavy atom. The van der Waals surface area contributed by atoms with Gasteiger partial charge in [0.15, 0.2) is 16.7 Å². The van der Waals surface area contributed by atoms with Crippen molar-refractivity contribution in [2.75, 3.05) is 12.4 Å². The monoisotopic (exact) mass is 400 g/mol. The average Bonchev–Trinajstić information content (AvgIpc) is 3.28.